The fourth-order valence-electron chi connectivity index (χ4n) is 11.7. The van der Waals surface area contributed by atoms with Crippen molar-refractivity contribution in [2.24, 2.45) is 0 Å². The minimum Gasteiger partial charge on any atom is -0.506 e. The van der Waals surface area contributed by atoms with Crippen LogP contribution in [0.15, 0.2) is 166 Å². The Labute approximate surface area is 574 Å². The molecule has 17 nitrogen and oxygen atoms in total. The summed E-state index contributed by atoms with van der Waals surface area (Å²) in [5.74, 6) is -3.60. The van der Waals surface area contributed by atoms with Crippen LogP contribution >= 0.6 is 0 Å². The van der Waals surface area contributed by atoms with E-state index in [1.54, 1.807) is 31.4 Å². The second-order valence-electron chi connectivity index (χ2n) is 23.9. The predicted molar refractivity (Wildman–Crippen MR) is 374 cm³/mol. The van der Waals surface area contributed by atoms with Crippen LogP contribution in [0.2, 0.25) is 0 Å². The third-order valence-corrected chi connectivity index (χ3v) is 16.9. The van der Waals surface area contributed by atoms with Gasteiger partial charge in [0.1, 0.15) is 51.8 Å². The van der Waals surface area contributed by atoms with Gasteiger partial charge in [0.25, 0.3) is 0 Å². The molecular formula is C76H73F7N12O5. The summed E-state index contributed by atoms with van der Waals surface area (Å²) in [7, 11) is 1.64. The molecule has 0 unspecified atom stereocenters. The number of hydrogen-bond acceptors (Lipinski definition) is 17. The largest absolute Gasteiger partial charge is 0.506 e. The molecule has 0 atom stereocenters. The molecule has 3 aliphatic heterocycles. The fourth-order valence-corrected chi connectivity index (χ4v) is 11.7. The van der Waals surface area contributed by atoms with Crippen LogP contribution < -0.4 is 35.4 Å². The summed E-state index contributed by atoms with van der Waals surface area (Å²) in [5, 5.41) is 19.5. The monoisotopic (exact) mass is 1370 g/mol. The summed E-state index contributed by atoms with van der Waals surface area (Å²) in [5.41, 5.74) is 5.45. The van der Waals surface area contributed by atoms with Crippen molar-refractivity contribution in [3.05, 3.63) is 223 Å². The summed E-state index contributed by atoms with van der Waals surface area (Å²) in [4.78, 5) is 66.3. The van der Waals surface area contributed by atoms with Crippen molar-refractivity contribution in [1.29, 1.82) is 0 Å². The highest BCUT2D eigenvalue weighted by Crippen LogP contribution is 2.37. The molecule has 9 aromatic rings. The number of aromatic nitrogens is 6. The number of nitrogens with one attached hydrogen (secondary N) is 3. The molecule has 6 aromatic carbocycles. The van der Waals surface area contributed by atoms with Crippen molar-refractivity contribution in [3.63, 3.8) is 0 Å². The second-order valence-corrected chi connectivity index (χ2v) is 23.9. The average Bonchev–Trinajstić information content (AvgIpc) is 0.824. The number of benzene rings is 6. The van der Waals surface area contributed by atoms with E-state index in [-0.39, 0.29) is 99.8 Å². The van der Waals surface area contributed by atoms with Gasteiger partial charge in [-0.05, 0) is 202 Å². The normalized spacial score (nSPS) is 13.5. The van der Waals surface area contributed by atoms with Crippen molar-refractivity contribution >= 4 is 69.3 Å². The predicted octanol–water partition coefficient (Wildman–Crippen LogP) is 16.2. The van der Waals surface area contributed by atoms with Crippen molar-refractivity contribution in [3.8, 4) is 45.3 Å². The summed E-state index contributed by atoms with van der Waals surface area (Å²) in [6.45, 7) is 15.4. The van der Waals surface area contributed by atoms with E-state index in [0.717, 1.165) is 144 Å². The molecule has 3 fully saturated rings. The molecule has 0 saturated carbocycles. The second kappa shape index (κ2) is 33.8. The summed E-state index contributed by atoms with van der Waals surface area (Å²) < 4.78 is 106. The number of allylic oxidation sites excluding steroid dienone is 3. The van der Waals surface area contributed by atoms with Gasteiger partial charge in [0.05, 0.1) is 42.8 Å². The van der Waals surface area contributed by atoms with Gasteiger partial charge >= 0.3 is 0 Å². The maximum absolute atomic E-state index is 14.6. The summed E-state index contributed by atoms with van der Waals surface area (Å²) >= 11 is 0. The van der Waals surface area contributed by atoms with Gasteiger partial charge in [-0.1, -0.05) is 19.7 Å². The van der Waals surface area contributed by atoms with Gasteiger partial charge in [-0.25, -0.2) is 60.6 Å². The van der Waals surface area contributed by atoms with Gasteiger partial charge in [0, 0.05) is 92.3 Å². The Morgan fingerprint density at radius 1 is 0.420 bits per heavy atom. The lowest BCUT2D eigenvalue weighted by Gasteiger charge is -2.30. The van der Waals surface area contributed by atoms with E-state index >= 15 is 0 Å². The number of anilines is 9. The number of carbonyl (C=O) groups is 3. The zero-order chi connectivity index (χ0) is 70.8. The zero-order valence-corrected chi connectivity index (χ0v) is 55.0. The lowest BCUT2D eigenvalue weighted by Crippen LogP contribution is -2.30. The maximum Gasteiger partial charge on any atom is 0.227 e. The highest BCUT2D eigenvalue weighted by Gasteiger charge is 2.23. The van der Waals surface area contributed by atoms with Gasteiger partial charge in [-0.15, -0.1) is 0 Å². The number of methoxy groups -OCH3 is 1. The van der Waals surface area contributed by atoms with Crippen LogP contribution in [0.3, 0.4) is 0 Å². The molecule has 516 valence electrons. The third-order valence-electron chi connectivity index (χ3n) is 16.9. The molecule has 0 radical (unpaired) electrons. The standard InChI is InChI=1S/C26H26F2N4O2.C25H23F3N4O.C25H24F2N4O2/c1-3-20(33)14-18-13-17(7-9-21(18)27)25-22(28)16-29-26(31-25)30-19-8-10-24(34-2)23(15-19)32-11-5-4-6-12-32;1-2-19(33)13-17-12-16(6-8-20(17)26)24-22(28)15-29-25(31-24)30-18-7-9-21(27)23(14-18)32-10-4-3-5-11-32;1-2-19(32)13-17-12-16(6-8-20(17)26)24-21(27)15-28-25(30-24)29-18-7-9-23(33)22(14-18)31-10-4-3-5-11-31/h3,7-10,13,15-16H,1,4-6,11-12,14H2,2H3,(H,29,30,31);2,6-9,12,14-15H,1,3-5,10-11,13H2,(H,29,30,31);2,6-9,12,14-15,33H,1,3-5,10-11,13H2,(H,28,29,30). The zero-order valence-electron chi connectivity index (χ0n) is 55.0. The first-order valence-electron chi connectivity index (χ1n) is 32.6. The number of aromatic hydroxyl groups is 1. The molecule has 3 aliphatic rings. The van der Waals surface area contributed by atoms with Gasteiger partial charge in [0.15, 0.2) is 34.8 Å². The molecule has 3 saturated heterocycles. The molecular weight excluding hydrogens is 1290 g/mol. The van der Waals surface area contributed by atoms with E-state index in [0.29, 0.717) is 33.8 Å². The number of nitrogens with zero attached hydrogens (tertiary/aromatic N) is 9. The van der Waals surface area contributed by atoms with Crippen molar-refractivity contribution in [2.45, 2.75) is 77.0 Å². The minimum atomic E-state index is -0.693. The number of carbonyl (C=O) groups excluding carboxylic acids is 3. The molecule has 100 heavy (non-hydrogen) atoms. The molecule has 0 spiro atoms. The van der Waals surface area contributed by atoms with E-state index in [9.17, 15) is 50.2 Å². The van der Waals surface area contributed by atoms with Crippen LogP contribution in [-0.4, -0.2) is 98.7 Å². The fraction of sp³-hybridized carbons (Fsp3) is 0.250. The highest BCUT2D eigenvalue weighted by atomic mass is 19.2. The molecule has 24 heteroatoms. The summed E-state index contributed by atoms with van der Waals surface area (Å²) in [6, 6.07) is 27.4. The average molecular weight is 1370 g/mol. The number of halogens is 7. The van der Waals surface area contributed by atoms with E-state index in [4.69, 9.17) is 4.74 Å². The van der Waals surface area contributed by atoms with E-state index in [2.05, 4.69) is 75.4 Å². The first-order chi connectivity index (χ1) is 48.4. The summed E-state index contributed by atoms with van der Waals surface area (Å²) in [6.07, 6.45) is 15.9. The van der Waals surface area contributed by atoms with Gasteiger partial charge in [0.2, 0.25) is 17.8 Å². The lowest BCUT2D eigenvalue weighted by molar-refractivity contribution is -0.114. The van der Waals surface area contributed by atoms with Crippen LogP contribution in [-0.2, 0) is 33.6 Å². The molecule has 0 bridgehead atoms. The Morgan fingerprint density at radius 3 is 1.11 bits per heavy atom. The Morgan fingerprint density at radius 2 is 0.740 bits per heavy atom. The minimum absolute atomic E-state index is 0.00886. The smallest absolute Gasteiger partial charge is 0.227 e. The number of hydrogen-bond donors (Lipinski definition) is 4. The SMILES string of the molecule is C=CC(=O)Cc1cc(-c2nc(Nc3ccc(F)c(N4CCCCC4)c3)ncc2F)ccc1F.C=CC(=O)Cc1cc(-c2nc(Nc3ccc(O)c(N4CCCCC4)c3)ncc2F)ccc1F.C=CC(=O)Cc1cc(-c2nc(Nc3ccc(OC)c(N4CCCCC4)c3)ncc2F)ccc1F. The van der Waals surface area contributed by atoms with Crippen molar-refractivity contribution in [1.82, 2.24) is 29.9 Å². The first kappa shape index (κ1) is 71.5. The number of ketones is 3. The number of phenolic OH excluding ortho intramolecular Hbond substituents is 1. The van der Waals surface area contributed by atoms with Crippen LogP contribution in [0.25, 0.3) is 33.8 Å². The highest BCUT2D eigenvalue weighted by molar-refractivity contribution is 5.92. The van der Waals surface area contributed by atoms with Gasteiger partial charge < -0.3 is 40.5 Å². The van der Waals surface area contributed by atoms with E-state index in [1.807, 2.05) is 29.2 Å². The van der Waals surface area contributed by atoms with Crippen LogP contribution in [0, 0.1) is 40.7 Å². The lowest BCUT2D eigenvalue weighted by atomic mass is 10.0. The van der Waals surface area contributed by atoms with Gasteiger partial charge in [-0.2, -0.15) is 0 Å². The van der Waals surface area contributed by atoms with E-state index < -0.39 is 34.9 Å². The van der Waals surface area contributed by atoms with Gasteiger partial charge in [-0.3, -0.25) is 14.4 Å². The molecule has 4 N–H and O–H groups in total. The topological polar surface area (TPSA) is 204 Å². The Kier molecular flexibility index (Phi) is 24.1. The number of ether oxygens (including phenoxy) is 1. The Hall–Kier alpha value is -11.3. The quantitative estimate of drug-likeness (QED) is 0.0283. The van der Waals surface area contributed by atoms with E-state index in [1.165, 1.54) is 73.5 Å². The van der Waals surface area contributed by atoms with Crippen LogP contribution in [0.4, 0.5) is 82.7 Å². The number of rotatable bonds is 22. The van der Waals surface area contributed by atoms with Crippen LogP contribution in [0.5, 0.6) is 11.5 Å². The number of piperidine rings is 3. The molecule has 0 aliphatic carbocycles. The maximum atomic E-state index is 14.6. The Balaban J connectivity index is 0.000000162. The van der Waals surface area contributed by atoms with Crippen molar-refractivity contribution in [2.75, 3.05) is 77.0 Å². The first-order valence-corrected chi connectivity index (χ1v) is 32.6. The molecule has 3 aromatic heterocycles. The van der Waals surface area contributed by atoms with Crippen LogP contribution in [0.1, 0.15) is 74.5 Å². The Bertz CT molecular complexity index is 4300. The third kappa shape index (κ3) is 18.5. The molecule has 12 rings (SSSR count). The molecule has 0 amide bonds. The van der Waals surface area contributed by atoms with Crippen molar-refractivity contribution < 1.29 is 55.0 Å². The molecule has 6 heterocycles. The number of phenols is 1.